The number of nitrogens with one attached hydrogen (secondary N) is 1. The first kappa shape index (κ1) is 16.4. The summed E-state index contributed by atoms with van der Waals surface area (Å²) in [6.45, 7) is 2.78. The van der Waals surface area contributed by atoms with Crippen LogP contribution in [-0.2, 0) is 10.4 Å². The zero-order valence-corrected chi connectivity index (χ0v) is 13.6. The van der Waals surface area contributed by atoms with E-state index in [2.05, 4.69) is 10.2 Å². The number of likely N-dealkylation sites (tertiary alicyclic amines) is 1. The summed E-state index contributed by atoms with van der Waals surface area (Å²) in [7, 11) is 0. The summed E-state index contributed by atoms with van der Waals surface area (Å²) < 4.78 is 4.99. The van der Waals surface area contributed by atoms with Gasteiger partial charge in [0.1, 0.15) is 0 Å². The summed E-state index contributed by atoms with van der Waals surface area (Å²) in [5, 5.41) is 16.7. The Morgan fingerprint density at radius 1 is 1.38 bits per heavy atom. The predicted molar refractivity (Wildman–Crippen MR) is 86.3 cm³/mol. The van der Waals surface area contributed by atoms with Gasteiger partial charge in [-0.15, -0.1) is 5.10 Å². The van der Waals surface area contributed by atoms with Crippen molar-refractivity contribution in [3.8, 4) is 0 Å². The van der Waals surface area contributed by atoms with Crippen LogP contribution >= 0.6 is 0 Å². The smallest absolute Gasteiger partial charge is 0.392 e. The topological polar surface area (TPSA) is 99.4 Å². The number of aromatic amines is 1. The van der Waals surface area contributed by atoms with E-state index in [1.807, 2.05) is 30.3 Å². The number of aliphatic hydroxyl groups is 1. The van der Waals surface area contributed by atoms with Crippen LogP contribution in [0.15, 0.2) is 39.5 Å². The van der Waals surface area contributed by atoms with E-state index in [1.54, 1.807) is 11.8 Å². The van der Waals surface area contributed by atoms with Crippen LogP contribution in [0.5, 0.6) is 0 Å². The van der Waals surface area contributed by atoms with Gasteiger partial charge in [-0.2, -0.15) is 0 Å². The molecule has 1 aliphatic rings. The zero-order chi connectivity index (χ0) is 17.2. The van der Waals surface area contributed by atoms with Crippen molar-refractivity contribution in [1.82, 2.24) is 15.1 Å². The largest absolute Gasteiger partial charge is 0.434 e. The fourth-order valence-electron chi connectivity index (χ4n) is 3.10. The Hall–Kier alpha value is -2.41. The average molecular weight is 331 g/mol. The Labute approximate surface area is 139 Å². The molecule has 1 amide bonds. The SMILES string of the molecule is CC(O)(CC(=O)N1CCC(c2n[nH]c(=O)o2)CC1)c1ccccc1. The molecule has 2 N–H and O–H groups in total. The van der Waals surface area contributed by atoms with Gasteiger partial charge >= 0.3 is 5.76 Å². The van der Waals surface area contributed by atoms with Crippen molar-refractivity contribution >= 4 is 5.91 Å². The van der Waals surface area contributed by atoms with Crippen LogP contribution in [-0.4, -0.2) is 39.2 Å². The molecule has 1 aliphatic heterocycles. The third kappa shape index (κ3) is 3.56. The monoisotopic (exact) mass is 331 g/mol. The van der Waals surface area contributed by atoms with Gasteiger partial charge in [0.2, 0.25) is 11.8 Å². The van der Waals surface area contributed by atoms with Gasteiger partial charge in [0.25, 0.3) is 0 Å². The van der Waals surface area contributed by atoms with E-state index < -0.39 is 11.4 Å². The third-order valence-corrected chi connectivity index (χ3v) is 4.54. The molecule has 0 spiro atoms. The van der Waals surface area contributed by atoms with Crippen molar-refractivity contribution in [3.05, 3.63) is 52.3 Å². The van der Waals surface area contributed by atoms with Gasteiger partial charge in [-0.25, -0.2) is 9.89 Å². The highest BCUT2D eigenvalue weighted by Crippen LogP contribution is 2.29. The summed E-state index contributed by atoms with van der Waals surface area (Å²) in [4.78, 5) is 25.3. The Kier molecular flexibility index (Phi) is 4.53. The number of rotatable bonds is 4. The van der Waals surface area contributed by atoms with E-state index in [0.717, 1.165) is 5.56 Å². The van der Waals surface area contributed by atoms with Crippen LogP contribution in [0.3, 0.4) is 0 Å². The van der Waals surface area contributed by atoms with Crippen LogP contribution in [0.1, 0.15) is 43.6 Å². The molecule has 0 aliphatic carbocycles. The lowest BCUT2D eigenvalue weighted by Crippen LogP contribution is -2.41. The first-order chi connectivity index (χ1) is 11.5. The Morgan fingerprint density at radius 3 is 2.62 bits per heavy atom. The van der Waals surface area contributed by atoms with Crippen LogP contribution in [0.2, 0.25) is 0 Å². The lowest BCUT2D eigenvalue weighted by molar-refractivity contribution is -0.137. The number of carbonyl (C=O) groups excluding carboxylic acids is 1. The van der Waals surface area contributed by atoms with E-state index >= 15 is 0 Å². The molecule has 3 rings (SSSR count). The molecule has 0 radical (unpaired) electrons. The Balaban J connectivity index is 1.58. The normalized spacial score (nSPS) is 18.3. The second kappa shape index (κ2) is 6.60. The van der Waals surface area contributed by atoms with Gasteiger partial charge in [-0.05, 0) is 25.3 Å². The standard InChI is InChI=1S/C17H21N3O4/c1-17(23,13-5-3-2-4-6-13)11-14(21)20-9-7-12(8-10-20)15-18-19-16(22)24-15/h2-6,12,23H,7-11H2,1H3,(H,19,22). The Bertz CT molecular complexity index is 742. The summed E-state index contributed by atoms with van der Waals surface area (Å²) in [6.07, 6.45) is 1.42. The highest BCUT2D eigenvalue weighted by Gasteiger charge is 2.32. The number of amides is 1. The van der Waals surface area contributed by atoms with Gasteiger partial charge in [0.15, 0.2) is 0 Å². The molecule has 1 atom stereocenters. The molecule has 7 nitrogen and oxygen atoms in total. The summed E-state index contributed by atoms with van der Waals surface area (Å²) in [5.41, 5.74) is -0.462. The van der Waals surface area contributed by atoms with Crippen LogP contribution < -0.4 is 5.76 Å². The molecule has 1 saturated heterocycles. The van der Waals surface area contributed by atoms with Crippen LogP contribution in [0.25, 0.3) is 0 Å². The first-order valence-corrected chi connectivity index (χ1v) is 8.07. The van der Waals surface area contributed by atoms with E-state index in [9.17, 15) is 14.7 Å². The molecular formula is C17H21N3O4. The number of hydrogen-bond acceptors (Lipinski definition) is 5. The molecule has 0 saturated carbocycles. The minimum Gasteiger partial charge on any atom is -0.392 e. The van der Waals surface area contributed by atoms with E-state index in [0.29, 0.717) is 31.8 Å². The van der Waals surface area contributed by atoms with Crippen LogP contribution in [0, 0.1) is 0 Å². The van der Waals surface area contributed by atoms with Crippen molar-refractivity contribution in [2.45, 2.75) is 37.7 Å². The summed E-state index contributed by atoms with van der Waals surface area (Å²) in [5.74, 6) is -0.181. The zero-order valence-electron chi connectivity index (χ0n) is 13.6. The fraction of sp³-hybridized carbons (Fsp3) is 0.471. The highest BCUT2D eigenvalue weighted by atomic mass is 16.4. The molecule has 2 heterocycles. The molecule has 1 aromatic heterocycles. The maximum absolute atomic E-state index is 12.5. The molecule has 128 valence electrons. The number of carbonyl (C=O) groups is 1. The minimum absolute atomic E-state index is 0.0408. The number of benzene rings is 1. The van der Waals surface area contributed by atoms with E-state index in [-0.39, 0.29) is 18.2 Å². The maximum Gasteiger partial charge on any atom is 0.434 e. The van der Waals surface area contributed by atoms with Crippen molar-refractivity contribution in [3.63, 3.8) is 0 Å². The predicted octanol–water partition coefficient (Wildman–Crippen LogP) is 1.37. The van der Waals surface area contributed by atoms with E-state index in [4.69, 9.17) is 4.42 Å². The van der Waals surface area contributed by atoms with Gasteiger partial charge in [-0.3, -0.25) is 4.79 Å². The van der Waals surface area contributed by atoms with Crippen molar-refractivity contribution < 1.29 is 14.3 Å². The average Bonchev–Trinajstić information content (AvgIpc) is 3.02. The van der Waals surface area contributed by atoms with Crippen molar-refractivity contribution in [2.24, 2.45) is 0 Å². The molecular weight excluding hydrogens is 310 g/mol. The molecule has 7 heteroatoms. The second-order valence-electron chi connectivity index (χ2n) is 6.42. The van der Waals surface area contributed by atoms with Gasteiger partial charge in [-0.1, -0.05) is 30.3 Å². The van der Waals surface area contributed by atoms with Crippen molar-refractivity contribution in [1.29, 1.82) is 0 Å². The van der Waals surface area contributed by atoms with Crippen LogP contribution in [0.4, 0.5) is 0 Å². The molecule has 0 bridgehead atoms. The maximum atomic E-state index is 12.5. The first-order valence-electron chi connectivity index (χ1n) is 8.07. The summed E-state index contributed by atoms with van der Waals surface area (Å²) in [6, 6.07) is 9.20. The van der Waals surface area contributed by atoms with E-state index in [1.165, 1.54) is 0 Å². The number of nitrogens with zero attached hydrogens (tertiary/aromatic N) is 2. The van der Waals surface area contributed by atoms with Gasteiger partial charge in [0.05, 0.1) is 12.0 Å². The quantitative estimate of drug-likeness (QED) is 0.881. The fourth-order valence-corrected chi connectivity index (χ4v) is 3.10. The Morgan fingerprint density at radius 2 is 2.04 bits per heavy atom. The van der Waals surface area contributed by atoms with Crippen molar-refractivity contribution in [2.75, 3.05) is 13.1 Å². The number of aromatic nitrogens is 2. The lowest BCUT2D eigenvalue weighted by atomic mass is 9.91. The minimum atomic E-state index is -1.19. The summed E-state index contributed by atoms with van der Waals surface area (Å²) >= 11 is 0. The molecule has 2 aromatic rings. The molecule has 1 aromatic carbocycles. The third-order valence-electron chi connectivity index (χ3n) is 4.54. The highest BCUT2D eigenvalue weighted by molar-refractivity contribution is 5.77. The number of H-pyrrole nitrogens is 1. The van der Waals surface area contributed by atoms with Gasteiger partial charge < -0.3 is 14.4 Å². The second-order valence-corrected chi connectivity index (χ2v) is 6.42. The van der Waals surface area contributed by atoms with Gasteiger partial charge in [0, 0.05) is 19.0 Å². The molecule has 1 unspecified atom stereocenters. The number of piperidine rings is 1. The number of hydrogen-bond donors (Lipinski definition) is 2. The lowest BCUT2D eigenvalue weighted by Gasteiger charge is -2.33. The molecule has 1 fully saturated rings. The molecule has 24 heavy (non-hydrogen) atoms.